The molecule has 0 aliphatic carbocycles. The van der Waals surface area contributed by atoms with E-state index < -0.39 is 5.97 Å². The molecule has 4 heterocycles. The maximum Gasteiger partial charge on any atom is 0.317 e. The van der Waals surface area contributed by atoms with E-state index in [0.717, 1.165) is 25.4 Å². The summed E-state index contributed by atoms with van der Waals surface area (Å²) >= 11 is 0. The molecule has 1 N–H and O–H groups in total. The van der Waals surface area contributed by atoms with Crippen molar-refractivity contribution in [2.24, 2.45) is 5.92 Å². The molecule has 0 saturated carbocycles. The highest BCUT2D eigenvalue weighted by atomic mass is 16.5. The zero-order valence-corrected chi connectivity index (χ0v) is 13.5. The van der Waals surface area contributed by atoms with E-state index in [1.54, 1.807) is 7.11 Å². The summed E-state index contributed by atoms with van der Waals surface area (Å²) in [6, 6.07) is 9.14. The molecule has 5 rings (SSSR count). The van der Waals surface area contributed by atoms with E-state index in [9.17, 15) is 9.90 Å². The van der Waals surface area contributed by atoms with E-state index in [2.05, 4.69) is 21.9 Å². The van der Waals surface area contributed by atoms with E-state index in [0.29, 0.717) is 23.9 Å². The molecule has 0 spiro atoms. The largest absolute Gasteiger partial charge is 0.497 e. The number of benzene rings is 1. The van der Waals surface area contributed by atoms with Gasteiger partial charge in [-0.2, -0.15) is 0 Å². The van der Waals surface area contributed by atoms with Crippen molar-refractivity contribution >= 4 is 5.97 Å². The minimum atomic E-state index is -0.716. The lowest BCUT2D eigenvalue weighted by Gasteiger charge is -2.51. The van der Waals surface area contributed by atoms with Crippen LogP contribution >= 0.6 is 0 Å². The molecule has 1 aromatic carbocycles. The maximum absolute atomic E-state index is 11.3. The molecule has 4 saturated heterocycles. The topological polar surface area (TPSA) is 53.0 Å². The molecule has 0 unspecified atom stereocenters. The van der Waals surface area contributed by atoms with Crippen LogP contribution in [0.5, 0.6) is 5.75 Å². The number of carboxylic acid groups (broad SMARTS) is 1. The van der Waals surface area contributed by atoms with Crippen LogP contribution in [-0.4, -0.2) is 66.2 Å². The van der Waals surface area contributed by atoms with Gasteiger partial charge in [-0.25, -0.2) is 0 Å². The van der Waals surface area contributed by atoms with Crippen LogP contribution in [0.2, 0.25) is 0 Å². The fourth-order valence-electron chi connectivity index (χ4n) is 5.06. The third-order valence-electron chi connectivity index (χ3n) is 5.95. The Morgan fingerprint density at radius 3 is 2.78 bits per heavy atom. The SMILES string of the molecule is COc1cccc([C@@H]2CN(CC(=O)O)[C@H]3C4CCN(CC4)[C@@H]23)c1. The van der Waals surface area contributed by atoms with Gasteiger partial charge in [-0.15, -0.1) is 0 Å². The zero-order valence-electron chi connectivity index (χ0n) is 13.5. The molecule has 0 amide bonds. The molecule has 124 valence electrons. The van der Waals surface area contributed by atoms with Gasteiger partial charge in [0.15, 0.2) is 0 Å². The Balaban J connectivity index is 1.68. The molecule has 23 heavy (non-hydrogen) atoms. The number of ether oxygens (including phenoxy) is 1. The van der Waals surface area contributed by atoms with Crippen LogP contribution in [0.25, 0.3) is 0 Å². The number of carboxylic acids is 1. The number of likely N-dealkylation sites (tertiary alicyclic amines) is 1. The van der Waals surface area contributed by atoms with Crippen molar-refractivity contribution in [3.8, 4) is 5.75 Å². The molecule has 1 aromatic rings. The summed E-state index contributed by atoms with van der Waals surface area (Å²) in [7, 11) is 1.69. The van der Waals surface area contributed by atoms with Gasteiger partial charge in [0.1, 0.15) is 5.75 Å². The lowest BCUT2D eigenvalue weighted by molar-refractivity contribution is -0.139. The Labute approximate surface area is 136 Å². The quantitative estimate of drug-likeness (QED) is 0.915. The number of piperidine rings is 3. The molecule has 4 aliphatic heterocycles. The Bertz CT molecular complexity index is 598. The molecular weight excluding hydrogens is 292 g/mol. The first kappa shape index (κ1) is 15.0. The first-order chi connectivity index (χ1) is 11.2. The zero-order chi connectivity index (χ0) is 16.0. The van der Waals surface area contributed by atoms with Gasteiger partial charge in [0.05, 0.1) is 13.7 Å². The lowest BCUT2D eigenvalue weighted by Crippen LogP contribution is -2.60. The number of fused-ring (bicyclic) bond motifs is 2. The summed E-state index contributed by atoms with van der Waals surface area (Å²) in [4.78, 5) is 16.1. The van der Waals surface area contributed by atoms with Crippen molar-refractivity contribution in [1.29, 1.82) is 0 Å². The molecule has 0 radical (unpaired) electrons. The average Bonchev–Trinajstić information content (AvgIpc) is 2.97. The van der Waals surface area contributed by atoms with Crippen LogP contribution in [0.15, 0.2) is 24.3 Å². The summed E-state index contributed by atoms with van der Waals surface area (Å²) in [5.41, 5.74) is 1.28. The summed E-state index contributed by atoms with van der Waals surface area (Å²) in [5.74, 6) is 1.19. The summed E-state index contributed by atoms with van der Waals surface area (Å²) in [5, 5.41) is 9.30. The van der Waals surface area contributed by atoms with Crippen molar-refractivity contribution in [3.63, 3.8) is 0 Å². The normalized spacial score (nSPS) is 36.0. The molecule has 3 atom stereocenters. The molecule has 4 fully saturated rings. The minimum absolute atomic E-state index is 0.159. The minimum Gasteiger partial charge on any atom is -0.497 e. The fraction of sp³-hybridized carbons (Fsp3) is 0.611. The van der Waals surface area contributed by atoms with Crippen molar-refractivity contribution in [2.45, 2.75) is 30.8 Å². The number of nitrogens with zero attached hydrogens (tertiary/aromatic N) is 2. The second kappa shape index (κ2) is 5.80. The van der Waals surface area contributed by atoms with Crippen molar-refractivity contribution in [1.82, 2.24) is 9.80 Å². The van der Waals surface area contributed by atoms with Crippen LogP contribution in [-0.2, 0) is 4.79 Å². The number of hydrogen-bond acceptors (Lipinski definition) is 4. The van der Waals surface area contributed by atoms with E-state index in [-0.39, 0.29) is 6.54 Å². The average molecular weight is 316 g/mol. The van der Waals surface area contributed by atoms with Gasteiger partial charge >= 0.3 is 5.97 Å². The number of hydrogen-bond donors (Lipinski definition) is 1. The molecule has 0 aromatic heterocycles. The van der Waals surface area contributed by atoms with Gasteiger partial charge in [0.25, 0.3) is 0 Å². The monoisotopic (exact) mass is 316 g/mol. The highest BCUT2D eigenvalue weighted by Gasteiger charge is 2.53. The highest BCUT2D eigenvalue weighted by molar-refractivity contribution is 5.69. The van der Waals surface area contributed by atoms with Gasteiger partial charge < -0.3 is 9.84 Å². The summed E-state index contributed by atoms with van der Waals surface area (Å²) in [6.45, 7) is 3.31. The van der Waals surface area contributed by atoms with Crippen molar-refractivity contribution in [2.75, 3.05) is 33.3 Å². The van der Waals surface area contributed by atoms with E-state index in [1.807, 2.05) is 12.1 Å². The fourth-order valence-corrected chi connectivity index (χ4v) is 5.06. The molecular formula is C18H24N2O3. The Morgan fingerprint density at radius 2 is 2.09 bits per heavy atom. The van der Waals surface area contributed by atoms with Gasteiger partial charge in [0.2, 0.25) is 0 Å². The van der Waals surface area contributed by atoms with Crippen LogP contribution in [0.3, 0.4) is 0 Å². The van der Waals surface area contributed by atoms with Crippen LogP contribution in [0.4, 0.5) is 0 Å². The third-order valence-corrected chi connectivity index (χ3v) is 5.95. The van der Waals surface area contributed by atoms with Crippen molar-refractivity contribution < 1.29 is 14.6 Å². The molecule has 4 aliphatic rings. The third kappa shape index (κ3) is 2.52. The van der Waals surface area contributed by atoms with Crippen LogP contribution < -0.4 is 4.74 Å². The highest BCUT2D eigenvalue weighted by Crippen LogP contribution is 2.46. The predicted octanol–water partition coefficient (Wildman–Crippen LogP) is 1.64. The maximum atomic E-state index is 11.3. The molecule has 5 heteroatoms. The van der Waals surface area contributed by atoms with Crippen molar-refractivity contribution in [3.05, 3.63) is 29.8 Å². The summed E-state index contributed by atoms with van der Waals surface area (Å²) in [6.07, 6.45) is 2.42. The smallest absolute Gasteiger partial charge is 0.317 e. The second-order valence-electron chi connectivity index (χ2n) is 7.06. The Kier molecular flexibility index (Phi) is 3.77. The first-order valence-corrected chi connectivity index (χ1v) is 8.51. The molecule has 5 nitrogen and oxygen atoms in total. The number of aliphatic carboxylic acids is 1. The summed E-state index contributed by atoms with van der Waals surface area (Å²) < 4.78 is 5.38. The van der Waals surface area contributed by atoms with E-state index >= 15 is 0 Å². The first-order valence-electron chi connectivity index (χ1n) is 8.51. The number of carbonyl (C=O) groups is 1. The van der Waals surface area contributed by atoms with Gasteiger partial charge in [-0.05, 0) is 49.5 Å². The van der Waals surface area contributed by atoms with Crippen LogP contribution in [0.1, 0.15) is 24.3 Å². The van der Waals surface area contributed by atoms with Crippen LogP contribution in [0, 0.1) is 5.92 Å². The predicted molar refractivity (Wildman–Crippen MR) is 86.8 cm³/mol. The van der Waals surface area contributed by atoms with Gasteiger partial charge in [0, 0.05) is 24.5 Å². The van der Waals surface area contributed by atoms with E-state index in [1.165, 1.54) is 18.4 Å². The lowest BCUT2D eigenvalue weighted by atomic mass is 9.75. The van der Waals surface area contributed by atoms with Gasteiger partial charge in [-0.3, -0.25) is 14.6 Å². The Hall–Kier alpha value is -1.59. The number of methoxy groups -OCH3 is 1. The number of rotatable bonds is 4. The molecule has 2 bridgehead atoms. The standard InChI is InChI=1S/C18H24N2O3/c1-23-14-4-2-3-13(9-14)15-10-20(11-16(21)22)17-12-5-7-19(8-6-12)18(15)17/h2-4,9,12,15,17-18H,5-8,10-11H2,1H3,(H,21,22)/t15-,17-,18-/m0/s1. The van der Waals surface area contributed by atoms with E-state index in [4.69, 9.17) is 4.74 Å². The van der Waals surface area contributed by atoms with Gasteiger partial charge in [-0.1, -0.05) is 12.1 Å². The Morgan fingerprint density at radius 1 is 1.30 bits per heavy atom. The second-order valence-corrected chi connectivity index (χ2v) is 7.06.